The van der Waals surface area contributed by atoms with Crippen LogP contribution in [0.5, 0.6) is 17.2 Å². The van der Waals surface area contributed by atoms with Gasteiger partial charge < -0.3 is 14.2 Å². The summed E-state index contributed by atoms with van der Waals surface area (Å²) in [7, 11) is -1.14. The summed E-state index contributed by atoms with van der Waals surface area (Å²) in [4.78, 5) is 13.0. The summed E-state index contributed by atoms with van der Waals surface area (Å²) in [5.41, 5.74) is 5.20. The van der Waals surface area contributed by atoms with E-state index in [1.54, 1.807) is 48.5 Å². The van der Waals surface area contributed by atoms with Gasteiger partial charge in [0, 0.05) is 5.02 Å². The number of hydrazone groups is 1. The topological polar surface area (TPSA) is 107 Å². The van der Waals surface area contributed by atoms with Crippen molar-refractivity contribution in [2.75, 3.05) is 25.1 Å². The minimum atomic E-state index is -4.14. The number of hydrogen-bond acceptors (Lipinski definition) is 7. The summed E-state index contributed by atoms with van der Waals surface area (Å²) in [6.07, 6.45) is 1.42. The van der Waals surface area contributed by atoms with Crippen molar-refractivity contribution in [3.8, 4) is 17.2 Å². The van der Waals surface area contributed by atoms with E-state index >= 15 is 0 Å². The Hall–Kier alpha value is -3.58. The summed E-state index contributed by atoms with van der Waals surface area (Å²) < 4.78 is 46.2. The van der Waals surface area contributed by atoms with E-state index in [1.165, 1.54) is 38.6 Å². The third-order valence-electron chi connectivity index (χ3n) is 6.27. The van der Waals surface area contributed by atoms with Gasteiger partial charge in [0.1, 0.15) is 18.9 Å². The number of carbonyl (C=O) groups is 1. The summed E-state index contributed by atoms with van der Waals surface area (Å²) in [6.45, 7) is 1.66. The predicted molar refractivity (Wildman–Crippen MR) is 179 cm³/mol. The number of amides is 1. The number of rotatable bonds is 12. The van der Waals surface area contributed by atoms with Gasteiger partial charge in [-0.3, -0.25) is 9.10 Å². The Morgan fingerprint density at radius 2 is 1.61 bits per heavy atom. The van der Waals surface area contributed by atoms with Gasteiger partial charge in [-0.15, -0.1) is 0 Å². The zero-order valence-electron chi connectivity index (χ0n) is 23.9. The molecule has 9 nitrogen and oxygen atoms in total. The Bertz CT molecular complexity index is 1770. The normalized spacial score (nSPS) is 11.3. The summed E-state index contributed by atoms with van der Waals surface area (Å²) in [5, 5.41) is 4.68. The molecule has 230 valence electrons. The first-order valence-electron chi connectivity index (χ1n) is 13.0. The fourth-order valence-electron chi connectivity index (χ4n) is 4.00. The molecule has 13 heteroatoms. The molecule has 0 saturated heterocycles. The second kappa shape index (κ2) is 14.9. The molecule has 4 aromatic rings. The third-order valence-corrected chi connectivity index (χ3v) is 9.50. The summed E-state index contributed by atoms with van der Waals surface area (Å²) in [5.74, 6) is 0.769. The van der Waals surface area contributed by atoms with Crippen molar-refractivity contribution in [2.45, 2.75) is 18.4 Å². The van der Waals surface area contributed by atoms with E-state index in [2.05, 4.69) is 42.4 Å². The van der Waals surface area contributed by atoms with E-state index in [0.717, 1.165) is 15.4 Å². The van der Waals surface area contributed by atoms with Gasteiger partial charge in [-0.1, -0.05) is 41.4 Å². The van der Waals surface area contributed by atoms with Crippen LogP contribution in [-0.2, 0) is 21.4 Å². The molecule has 0 aromatic heterocycles. The maximum Gasteiger partial charge on any atom is 0.264 e. The molecular weight excluding hydrogens is 738 g/mol. The Morgan fingerprint density at radius 3 is 2.25 bits per heavy atom. The average Bonchev–Trinajstić information content (AvgIpc) is 3.00. The first-order chi connectivity index (χ1) is 21.0. The van der Waals surface area contributed by atoms with Crippen LogP contribution in [0.1, 0.15) is 16.7 Å². The molecule has 0 saturated carbocycles. The SMILES string of the molecule is COc1ccc(S(=O)(=O)N(CC(=O)N/N=C\c2cc(Br)c(OCc3ccc(Cl)cc3)c(OC)c2)c2ccc(C)cc2)cc1Br. The molecule has 4 rings (SSSR count). The number of ether oxygens (including phenoxy) is 3. The Kier molecular flexibility index (Phi) is 11.3. The molecule has 1 amide bonds. The number of carbonyl (C=O) groups excluding carboxylic acids is 1. The van der Waals surface area contributed by atoms with E-state index in [1.807, 2.05) is 19.1 Å². The number of halogens is 3. The van der Waals surface area contributed by atoms with Crippen LogP contribution in [0.15, 0.2) is 97.8 Å². The number of hydrogen-bond donors (Lipinski definition) is 1. The maximum atomic E-state index is 13.7. The molecule has 0 spiro atoms. The van der Waals surface area contributed by atoms with Crippen molar-refractivity contribution in [1.29, 1.82) is 0 Å². The minimum absolute atomic E-state index is 0.0163. The van der Waals surface area contributed by atoms with Crippen LogP contribution < -0.4 is 23.9 Å². The zero-order chi connectivity index (χ0) is 31.9. The van der Waals surface area contributed by atoms with Gasteiger partial charge in [0.25, 0.3) is 15.9 Å². The largest absolute Gasteiger partial charge is 0.496 e. The van der Waals surface area contributed by atoms with E-state index in [9.17, 15) is 13.2 Å². The monoisotopic (exact) mass is 763 g/mol. The first kappa shape index (κ1) is 33.3. The minimum Gasteiger partial charge on any atom is -0.496 e. The van der Waals surface area contributed by atoms with Gasteiger partial charge in [0.05, 0.1) is 40.0 Å². The lowest BCUT2D eigenvalue weighted by Gasteiger charge is -2.24. The van der Waals surface area contributed by atoms with Gasteiger partial charge in [-0.2, -0.15) is 5.10 Å². The van der Waals surface area contributed by atoms with E-state index in [-0.39, 0.29) is 4.90 Å². The molecule has 0 aliphatic heterocycles. The van der Waals surface area contributed by atoms with Crippen molar-refractivity contribution >= 4 is 71.3 Å². The molecular formula is C31H28Br2ClN3O6S. The van der Waals surface area contributed by atoms with Crippen LogP contribution in [0.4, 0.5) is 5.69 Å². The molecule has 0 radical (unpaired) electrons. The average molecular weight is 766 g/mol. The molecule has 0 aliphatic carbocycles. The fraction of sp³-hybridized carbons (Fsp3) is 0.161. The van der Waals surface area contributed by atoms with Crippen LogP contribution >= 0.6 is 43.5 Å². The lowest BCUT2D eigenvalue weighted by atomic mass is 10.2. The number of methoxy groups -OCH3 is 2. The van der Waals surface area contributed by atoms with Crippen molar-refractivity contribution in [2.24, 2.45) is 5.10 Å². The first-order valence-corrected chi connectivity index (χ1v) is 16.4. The van der Waals surface area contributed by atoms with Crippen LogP contribution in [0, 0.1) is 6.92 Å². The predicted octanol–water partition coefficient (Wildman–Crippen LogP) is 7.12. The standard InChI is InChI=1S/C31H28Br2ClN3O6S/c1-20-4-10-24(11-5-20)37(44(39,40)25-12-13-28(41-2)26(32)16-25)18-30(38)36-35-17-22-14-27(33)31(29(15-22)42-3)43-19-21-6-8-23(34)9-7-21/h4-17H,18-19H2,1-3H3,(H,36,38)/b35-17-. The molecule has 0 unspecified atom stereocenters. The highest BCUT2D eigenvalue weighted by atomic mass is 79.9. The zero-order valence-corrected chi connectivity index (χ0v) is 28.6. The Morgan fingerprint density at radius 1 is 0.932 bits per heavy atom. The van der Waals surface area contributed by atoms with Crippen molar-refractivity contribution in [3.05, 3.63) is 110 Å². The fourth-order valence-corrected chi connectivity index (χ4v) is 6.84. The molecule has 4 aromatic carbocycles. The second-order valence-electron chi connectivity index (χ2n) is 9.39. The number of anilines is 1. The van der Waals surface area contributed by atoms with E-state index in [4.69, 9.17) is 25.8 Å². The van der Waals surface area contributed by atoms with Crippen LogP contribution in [-0.4, -0.2) is 41.3 Å². The number of benzene rings is 4. The highest BCUT2D eigenvalue weighted by molar-refractivity contribution is 9.11. The molecule has 0 bridgehead atoms. The number of sulfonamides is 1. The van der Waals surface area contributed by atoms with Crippen molar-refractivity contribution in [1.82, 2.24) is 5.43 Å². The highest BCUT2D eigenvalue weighted by Crippen LogP contribution is 2.37. The molecule has 44 heavy (non-hydrogen) atoms. The van der Waals surface area contributed by atoms with Gasteiger partial charge >= 0.3 is 0 Å². The van der Waals surface area contributed by atoms with E-state index < -0.39 is 22.5 Å². The Labute approximate surface area is 278 Å². The highest BCUT2D eigenvalue weighted by Gasteiger charge is 2.28. The van der Waals surface area contributed by atoms with Crippen LogP contribution in [0.25, 0.3) is 0 Å². The second-order valence-corrected chi connectivity index (χ2v) is 13.4. The molecule has 0 fully saturated rings. The van der Waals surface area contributed by atoms with Crippen molar-refractivity contribution in [3.63, 3.8) is 0 Å². The van der Waals surface area contributed by atoms with Crippen molar-refractivity contribution < 1.29 is 27.4 Å². The van der Waals surface area contributed by atoms with Gasteiger partial charge in [0.15, 0.2) is 11.5 Å². The van der Waals surface area contributed by atoms with Crippen LogP contribution in [0.2, 0.25) is 5.02 Å². The quantitative estimate of drug-likeness (QED) is 0.122. The number of nitrogens with one attached hydrogen (secondary N) is 1. The van der Waals surface area contributed by atoms with Gasteiger partial charge in [0.2, 0.25) is 0 Å². The summed E-state index contributed by atoms with van der Waals surface area (Å²) >= 11 is 12.8. The molecule has 0 aliphatic rings. The smallest absolute Gasteiger partial charge is 0.264 e. The van der Waals surface area contributed by atoms with Gasteiger partial charge in [-0.25, -0.2) is 13.8 Å². The lowest BCUT2D eigenvalue weighted by molar-refractivity contribution is -0.119. The molecule has 0 heterocycles. The van der Waals surface area contributed by atoms with Crippen LogP contribution in [0.3, 0.4) is 0 Å². The number of nitrogens with zero attached hydrogens (tertiary/aromatic N) is 2. The Balaban J connectivity index is 1.50. The number of aryl methyl sites for hydroxylation is 1. The molecule has 1 N–H and O–H groups in total. The maximum absolute atomic E-state index is 13.7. The van der Waals surface area contributed by atoms with Gasteiger partial charge in [-0.05, 0) is 105 Å². The van der Waals surface area contributed by atoms with E-state index in [0.29, 0.717) is 49.1 Å². The molecule has 0 atom stereocenters. The lowest BCUT2D eigenvalue weighted by Crippen LogP contribution is -2.39. The summed E-state index contributed by atoms with van der Waals surface area (Å²) in [6, 6.07) is 22.0. The third kappa shape index (κ3) is 8.32.